The van der Waals surface area contributed by atoms with Crippen molar-refractivity contribution in [1.29, 1.82) is 0 Å². The summed E-state index contributed by atoms with van der Waals surface area (Å²) in [7, 11) is 0. The first-order chi connectivity index (χ1) is 14.4. The molecule has 4 rings (SSSR count). The molecule has 4 nitrogen and oxygen atoms in total. The lowest BCUT2D eigenvalue weighted by atomic mass is 9.96. The molecular formula is C24H27FN4S. The second-order valence-electron chi connectivity index (χ2n) is 8.29. The molecule has 30 heavy (non-hydrogen) atoms. The number of nitrogens with one attached hydrogen (secondary N) is 1. The maximum atomic E-state index is 14.6. The van der Waals surface area contributed by atoms with Gasteiger partial charge in [-0.25, -0.2) is 4.39 Å². The molecule has 0 unspecified atom stereocenters. The third-order valence-electron chi connectivity index (χ3n) is 5.64. The summed E-state index contributed by atoms with van der Waals surface area (Å²) in [6.07, 6.45) is 1.81. The molecule has 1 aliphatic heterocycles. The predicted molar refractivity (Wildman–Crippen MR) is 122 cm³/mol. The SMILES string of the molecule is Cc1cc([C@@H]2[C@@H](c3ccccn3)NC(=S)N2CC(C)C)c(C)n1-c1ccccc1F. The van der Waals surface area contributed by atoms with Gasteiger partial charge in [0.15, 0.2) is 5.11 Å². The lowest BCUT2D eigenvalue weighted by molar-refractivity contribution is 0.287. The van der Waals surface area contributed by atoms with E-state index < -0.39 is 0 Å². The maximum absolute atomic E-state index is 14.6. The molecule has 1 fully saturated rings. The highest BCUT2D eigenvalue weighted by atomic mass is 32.1. The van der Waals surface area contributed by atoms with E-state index in [9.17, 15) is 4.39 Å². The van der Waals surface area contributed by atoms with E-state index in [-0.39, 0.29) is 17.9 Å². The van der Waals surface area contributed by atoms with Gasteiger partial charge in [0.05, 0.1) is 23.5 Å². The summed E-state index contributed by atoms with van der Waals surface area (Å²) in [5, 5.41) is 4.23. The van der Waals surface area contributed by atoms with Gasteiger partial charge >= 0.3 is 0 Å². The number of thiocarbonyl (C=S) groups is 1. The second kappa shape index (κ2) is 8.19. The third kappa shape index (κ3) is 3.60. The molecule has 3 heterocycles. The summed E-state index contributed by atoms with van der Waals surface area (Å²) >= 11 is 5.73. The highest BCUT2D eigenvalue weighted by Crippen LogP contribution is 2.41. The van der Waals surface area contributed by atoms with Crippen molar-refractivity contribution < 1.29 is 4.39 Å². The van der Waals surface area contributed by atoms with Gasteiger partial charge in [0, 0.05) is 24.1 Å². The minimum atomic E-state index is -0.230. The molecule has 1 aromatic carbocycles. The number of aromatic nitrogens is 2. The minimum Gasteiger partial charge on any atom is -0.352 e. The Bertz CT molecular complexity index is 1060. The fourth-order valence-electron chi connectivity index (χ4n) is 4.42. The van der Waals surface area contributed by atoms with Crippen molar-refractivity contribution in [1.82, 2.24) is 19.8 Å². The Balaban J connectivity index is 1.85. The number of rotatable bonds is 5. The number of benzene rings is 1. The molecule has 0 aliphatic carbocycles. The van der Waals surface area contributed by atoms with E-state index >= 15 is 0 Å². The van der Waals surface area contributed by atoms with Crippen LogP contribution in [0, 0.1) is 25.6 Å². The summed E-state index contributed by atoms with van der Waals surface area (Å²) in [5.41, 5.74) is 4.67. The molecule has 0 saturated carbocycles. The Hall–Kier alpha value is -2.73. The molecule has 2 aromatic heterocycles. The summed E-state index contributed by atoms with van der Waals surface area (Å²) in [6, 6.07) is 14.9. The van der Waals surface area contributed by atoms with Crippen LogP contribution in [0.25, 0.3) is 5.69 Å². The largest absolute Gasteiger partial charge is 0.352 e. The van der Waals surface area contributed by atoms with E-state index in [1.165, 1.54) is 6.07 Å². The first-order valence-electron chi connectivity index (χ1n) is 10.3. The van der Waals surface area contributed by atoms with Crippen LogP contribution in [0.3, 0.4) is 0 Å². The normalized spacial score (nSPS) is 18.9. The Morgan fingerprint density at radius 3 is 2.53 bits per heavy atom. The smallest absolute Gasteiger partial charge is 0.170 e. The van der Waals surface area contributed by atoms with Crippen molar-refractivity contribution >= 4 is 17.3 Å². The number of para-hydroxylation sites is 1. The molecule has 1 N–H and O–H groups in total. The van der Waals surface area contributed by atoms with Gasteiger partial charge in [0.25, 0.3) is 0 Å². The van der Waals surface area contributed by atoms with Crippen LogP contribution in [-0.4, -0.2) is 26.1 Å². The lowest BCUT2D eigenvalue weighted by Crippen LogP contribution is -2.33. The van der Waals surface area contributed by atoms with Crippen molar-refractivity contribution in [3.05, 3.63) is 83.2 Å². The van der Waals surface area contributed by atoms with Crippen LogP contribution in [0.2, 0.25) is 0 Å². The Morgan fingerprint density at radius 1 is 1.13 bits per heavy atom. The number of nitrogens with zero attached hydrogens (tertiary/aromatic N) is 3. The fourth-order valence-corrected chi connectivity index (χ4v) is 4.74. The van der Waals surface area contributed by atoms with E-state index in [1.807, 2.05) is 48.0 Å². The van der Waals surface area contributed by atoms with Crippen LogP contribution >= 0.6 is 12.2 Å². The van der Waals surface area contributed by atoms with E-state index in [0.717, 1.165) is 34.3 Å². The second-order valence-corrected chi connectivity index (χ2v) is 8.67. The molecule has 156 valence electrons. The zero-order valence-corrected chi connectivity index (χ0v) is 18.6. The van der Waals surface area contributed by atoms with Gasteiger partial charge in [0.1, 0.15) is 5.82 Å². The van der Waals surface area contributed by atoms with E-state index in [1.54, 1.807) is 6.07 Å². The molecular weight excluding hydrogens is 395 g/mol. The van der Waals surface area contributed by atoms with Gasteiger partial charge in [-0.05, 0) is 67.9 Å². The van der Waals surface area contributed by atoms with E-state index in [2.05, 4.69) is 42.0 Å². The topological polar surface area (TPSA) is 33.1 Å². The molecule has 0 amide bonds. The van der Waals surface area contributed by atoms with Gasteiger partial charge in [0.2, 0.25) is 0 Å². The van der Waals surface area contributed by atoms with Crippen molar-refractivity contribution in [3.63, 3.8) is 0 Å². The van der Waals surface area contributed by atoms with Gasteiger partial charge in [-0.1, -0.05) is 32.0 Å². The maximum Gasteiger partial charge on any atom is 0.170 e. The van der Waals surface area contributed by atoms with Crippen LogP contribution in [-0.2, 0) is 0 Å². The van der Waals surface area contributed by atoms with Crippen molar-refractivity contribution in [3.8, 4) is 5.69 Å². The standard InChI is InChI=1S/C24H27FN4S/c1-15(2)14-28-23(22(27-24(28)30)20-10-7-8-12-26-20)18-13-16(3)29(17(18)4)21-11-6-5-9-19(21)25/h5-13,15,22-23H,14H2,1-4H3,(H,27,30)/t22-,23-/m1/s1. The Labute approximate surface area is 182 Å². The Morgan fingerprint density at radius 2 is 1.87 bits per heavy atom. The van der Waals surface area contributed by atoms with Crippen molar-refractivity contribution in [2.24, 2.45) is 5.92 Å². The number of halogens is 1. The molecule has 1 saturated heterocycles. The van der Waals surface area contributed by atoms with Crippen LogP contribution in [0.4, 0.5) is 4.39 Å². The summed E-state index contributed by atoms with van der Waals surface area (Å²) in [4.78, 5) is 6.86. The summed E-state index contributed by atoms with van der Waals surface area (Å²) in [6.45, 7) is 9.29. The van der Waals surface area contributed by atoms with Crippen LogP contribution in [0.1, 0.15) is 48.6 Å². The molecule has 3 aromatic rings. The van der Waals surface area contributed by atoms with Gasteiger partial charge in [-0.2, -0.15) is 0 Å². The highest BCUT2D eigenvalue weighted by molar-refractivity contribution is 7.80. The summed E-state index contributed by atoms with van der Waals surface area (Å²) in [5.74, 6) is 0.219. The quantitative estimate of drug-likeness (QED) is 0.569. The highest BCUT2D eigenvalue weighted by Gasteiger charge is 2.41. The third-order valence-corrected chi connectivity index (χ3v) is 5.99. The number of aryl methyl sites for hydroxylation is 1. The monoisotopic (exact) mass is 422 g/mol. The predicted octanol–water partition coefficient (Wildman–Crippen LogP) is 5.26. The molecule has 2 atom stereocenters. The fraction of sp³-hybridized carbons (Fsp3) is 0.333. The van der Waals surface area contributed by atoms with Crippen LogP contribution in [0.15, 0.2) is 54.7 Å². The molecule has 0 radical (unpaired) electrons. The number of hydrogen-bond donors (Lipinski definition) is 1. The van der Waals surface area contributed by atoms with Crippen molar-refractivity contribution in [2.45, 2.75) is 39.8 Å². The average molecular weight is 423 g/mol. The minimum absolute atomic E-state index is 0.0125. The molecule has 0 bridgehead atoms. The summed E-state index contributed by atoms with van der Waals surface area (Å²) < 4.78 is 16.6. The first-order valence-corrected chi connectivity index (χ1v) is 10.7. The van der Waals surface area contributed by atoms with Gasteiger partial charge in [-0.15, -0.1) is 0 Å². The number of pyridine rings is 1. The van der Waals surface area contributed by atoms with Crippen LogP contribution in [0.5, 0.6) is 0 Å². The Kier molecular flexibility index (Phi) is 5.60. The van der Waals surface area contributed by atoms with Crippen molar-refractivity contribution in [2.75, 3.05) is 6.54 Å². The first kappa shape index (κ1) is 20.5. The zero-order chi connectivity index (χ0) is 21.4. The van der Waals surface area contributed by atoms with Gasteiger partial charge in [-0.3, -0.25) is 4.98 Å². The molecule has 6 heteroatoms. The van der Waals surface area contributed by atoms with E-state index in [4.69, 9.17) is 12.2 Å². The zero-order valence-electron chi connectivity index (χ0n) is 17.8. The average Bonchev–Trinajstić information content (AvgIpc) is 3.18. The van der Waals surface area contributed by atoms with Crippen LogP contribution < -0.4 is 5.32 Å². The van der Waals surface area contributed by atoms with E-state index in [0.29, 0.717) is 11.6 Å². The molecule has 0 spiro atoms. The lowest BCUT2D eigenvalue weighted by Gasteiger charge is -2.29. The molecule has 1 aliphatic rings. The number of hydrogen-bond acceptors (Lipinski definition) is 2. The van der Waals surface area contributed by atoms with Gasteiger partial charge < -0.3 is 14.8 Å².